The second-order valence-corrected chi connectivity index (χ2v) is 8.33. The lowest BCUT2D eigenvalue weighted by Gasteiger charge is -2.45. The molecule has 0 saturated carbocycles. The first-order chi connectivity index (χ1) is 14.1. The quantitative estimate of drug-likeness (QED) is 0.679. The molecule has 0 spiro atoms. The van der Waals surface area contributed by atoms with E-state index < -0.39 is 5.54 Å². The number of benzene rings is 1. The zero-order chi connectivity index (χ0) is 21.8. The molecule has 0 radical (unpaired) electrons. The van der Waals surface area contributed by atoms with Crippen molar-refractivity contribution in [1.82, 2.24) is 19.5 Å². The Morgan fingerprint density at radius 2 is 2.00 bits per heavy atom. The van der Waals surface area contributed by atoms with E-state index in [4.69, 9.17) is 17.3 Å². The van der Waals surface area contributed by atoms with E-state index in [0.29, 0.717) is 29.4 Å². The van der Waals surface area contributed by atoms with Gasteiger partial charge in [-0.25, -0.2) is 9.50 Å². The third kappa shape index (κ3) is 2.90. The number of fused-ring (bicyclic) bond motifs is 1. The maximum Gasteiger partial charge on any atom is 0.252 e. The summed E-state index contributed by atoms with van der Waals surface area (Å²) in [6.45, 7) is 7.91. The number of amides is 2. The van der Waals surface area contributed by atoms with Gasteiger partial charge in [0, 0.05) is 31.3 Å². The van der Waals surface area contributed by atoms with Gasteiger partial charge in [0.25, 0.3) is 5.91 Å². The van der Waals surface area contributed by atoms with Crippen LogP contribution in [0.2, 0.25) is 5.02 Å². The van der Waals surface area contributed by atoms with Gasteiger partial charge in [-0.1, -0.05) is 23.7 Å². The van der Waals surface area contributed by atoms with Crippen LogP contribution in [0.25, 0.3) is 16.8 Å². The molecule has 8 nitrogen and oxygen atoms in total. The molecule has 1 fully saturated rings. The Bertz CT molecular complexity index is 1190. The number of rotatable bonds is 2. The Hall–Kier alpha value is -3.13. The van der Waals surface area contributed by atoms with Gasteiger partial charge >= 0.3 is 0 Å². The van der Waals surface area contributed by atoms with Gasteiger partial charge in [-0.3, -0.25) is 9.59 Å². The Kier molecular flexibility index (Phi) is 4.69. The molecule has 4 rings (SSSR count). The maximum absolute atomic E-state index is 13.3. The van der Waals surface area contributed by atoms with Crippen molar-refractivity contribution in [1.29, 1.82) is 0 Å². The van der Waals surface area contributed by atoms with E-state index in [-0.39, 0.29) is 11.8 Å². The number of nitrogens with two attached hydrogens (primary N) is 1. The van der Waals surface area contributed by atoms with Gasteiger partial charge in [0.2, 0.25) is 5.91 Å². The Morgan fingerprint density at radius 1 is 1.27 bits per heavy atom. The Labute approximate surface area is 179 Å². The molecule has 1 saturated heterocycles. The Balaban J connectivity index is 1.82. The summed E-state index contributed by atoms with van der Waals surface area (Å²) in [6.07, 6.45) is 1.38. The number of anilines is 2. The first kappa shape index (κ1) is 20.2. The van der Waals surface area contributed by atoms with Crippen molar-refractivity contribution in [2.75, 3.05) is 23.7 Å². The van der Waals surface area contributed by atoms with Gasteiger partial charge in [0.1, 0.15) is 17.4 Å². The number of hydrogen-bond acceptors (Lipinski definition) is 5. The zero-order valence-corrected chi connectivity index (χ0v) is 18.1. The fraction of sp³-hybridized carbons (Fsp3) is 0.333. The largest absolute Gasteiger partial charge is 0.382 e. The lowest BCUT2D eigenvalue weighted by atomic mass is 9.95. The van der Waals surface area contributed by atoms with Crippen LogP contribution in [0.1, 0.15) is 26.3 Å². The van der Waals surface area contributed by atoms with E-state index in [0.717, 1.165) is 22.5 Å². The van der Waals surface area contributed by atoms with Crippen LogP contribution in [0.3, 0.4) is 0 Å². The maximum atomic E-state index is 13.3. The van der Waals surface area contributed by atoms with Crippen molar-refractivity contribution >= 4 is 40.4 Å². The Morgan fingerprint density at radius 3 is 2.70 bits per heavy atom. The van der Waals surface area contributed by atoms with Crippen molar-refractivity contribution in [3.63, 3.8) is 0 Å². The smallest absolute Gasteiger partial charge is 0.252 e. The van der Waals surface area contributed by atoms with Crippen molar-refractivity contribution in [3.8, 4) is 11.3 Å². The molecule has 156 valence electrons. The standard InChI is InChI=1S/C21H23ClN6O2/c1-12-14(17-10-15(22)18-19(23)24-11-25-28(17)18)6-5-7-16(12)26-8-9-27(13(2)29)21(3,4)20(26)30/h5-7,10-11H,8-9H2,1-4H3,(H2,23,24,25). The summed E-state index contributed by atoms with van der Waals surface area (Å²) in [5, 5.41) is 4.76. The lowest BCUT2D eigenvalue weighted by Crippen LogP contribution is -2.64. The van der Waals surface area contributed by atoms with E-state index in [1.165, 1.54) is 13.3 Å². The van der Waals surface area contributed by atoms with Gasteiger partial charge in [-0.05, 0) is 38.5 Å². The van der Waals surface area contributed by atoms with E-state index in [1.807, 2.05) is 25.1 Å². The summed E-state index contributed by atoms with van der Waals surface area (Å²) >= 11 is 6.40. The molecule has 1 aromatic carbocycles. The van der Waals surface area contributed by atoms with Crippen LogP contribution in [0.4, 0.5) is 11.5 Å². The predicted molar refractivity (Wildman–Crippen MR) is 116 cm³/mol. The highest BCUT2D eigenvalue weighted by Crippen LogP contribution is 2.37. The normalized spacial score (nSPS) is 16.4. The number of nitrogen functional groups attached to an aromatic ring is 1. The van der Waals surface area contributed by atoms with Crippen LogP contribution in [0.15, 0.2) is 30.6 Å². The van der Waals surface area contributed by atoms with Crippen LogP contribution < -0.4 is 10.6 Å². The molecule has 30 heavy (non-hydrogen) atoms. The number of nitrogens with zero attached hydrogens (tertiary/aromatic N) is 5. The average molecular weight is 427 g/mol. The summed E-state index contributed by atoms with van der Waals surface area (Å²) in [7, 11) is 0. The van der Waals surface area contributed by atoms with E-state index in [9.17, 15) is 9.59 Å². The van der Waals surface area contributed by atoms with E-state index >= 15 is 0 Å². The van der Waals surface area contributed by atoms with Gasteiger partial charge in [0.05, 0.1) is 10.7 Å². The van der Waals surface area contributed by atoms with Crippen molar-refractivity contribution in [2.45, 2.75) is 33.2 Å². The first-order valence-corrected chi connectivity index (χ1v) is 10.00. The zero-order valence-electron chi connectivity index (χ0n) is 17.3. The van der Waals surface area contributed by atoms with Crippen molar-refractivity contribution < 1.29 is 9.59 Å². The number of carbonyl (C=O) groups excluding carboxylic acids is 2. The molecule has 0 bridgehead atoms. The van der Waals surface area contributed by atoms with E-state index in [2.05, 4.69) is 10.1 Å². The van der Waals surface area contributed by atoms with Crippen LogP contribution in [0.5, 0.6) is 0 Å². The number of halogens is 1. The average Bonchev–Trinajstić information content (AvgIpc) is 3.02. The molecular weight excluding hydrogens is 404 g/mol. The van der Waals surface area contributed by atoms with Crippen LogP contribution in [-0.2, 0) is 9.59 Å². The number of piperazine rings is 1. The number of aromatic nitrogens is 3. The third-order valence-electron chi connectivity index (χ3n) is 5.78. The topological polar surface area (TPSA) is 96.8 Å². The van der Waals surface area contributed by atoms with Crippen LogP contribution in [0, 0.1) is 6.92 Å². The highest BCUT2D eigenvalue weighted by atomic mass is 35.5. The summed E-state index contributed by atoms with van der Waals surface area (Å²) in [5.74, 6) is 0.0752. The highest BCUT2D eigenvalue weighted by molar-refractivity contribution is 6.35. The van der Waals surface area contributed by atoms with Crippen molar-refractivity contribution in [2.24, 2.45) is 0 Å². The second kappa shape index (κ2) is 6.98. The molecular formula is C21H23ClN6O2. The molecule has 2 amide bonds. The fourth-order valence-corrected chi connectivity index (χ4v) is 4.50. The molecule has 1 aliphatic rings. The molecule has 9 heteroatoms. The number of hydrogen-bond donors (Lipinski definition) is 1. The van der Waals surface area contributed by atoms with E-state index in [1.54, 1.807) is 34.2 Å². The SMILES string of the molecule is CC(=O)N1CCN(c2cccc(-c3cc(Cl)c4c(N)ncnn34)c2C)C(=O)C1(C)C. The molecule has 3 aromatic rings. The van der Waals surface area contributed by atoms with Gasteiger partial charge in [0.15, 0.2) is 5.82 Å². The molecule has 3 heterocycles. The summed E-state index contributed by atoms with van der Waals surface area (Å²) in [4.78, 5) is 32.7. The molecule has 0 aliphatic carbocycles. The fourth-order valence-electron chi connectivity index (χ4n) is 4.22. The van der Waals surface area contributed by atoms with Crippen molar-refractivity contribution in [3.05, 3.63) is 41.2 Å². The molecule has 2 N–H and O–H groups in total. The first-order valence-electron chi connectivity index (χ1n) is 9.62. The summed E-state index contributed by atoms with van der Waals surface area (Å²) in [6, 6.07) is 7.56. The predicted octanol–water partition coefficient (Wildman–Crippen LogP) is 2.91. The minimum atomic E-state index is -0.917. The molecule has 2 aromatic heterocycles. The molecule has 0 unspecified atom stereocenters. The van der Waals surface area contributed by atoms with Gasteiger partial charge < -0.3 is 15.5 Å². The van der Waals surface area contributed by atoms with Crippen LogP contribution >= 0.6 is 11.6 Å². The minimum absolute atomic E-state index is 0.106. The van der Waals surface area contributed by atoms with Crippen LogP contribution in [-0.4, -0.2) is 49.9 Å². The van der Waals surface area contributed by atoms with Gasteiger partial charge in [-0.2, -0.15) is 5.10 Å². The van der Waals surface area contributed by atoms with Gasteiger partial charge in [-0.15, -0.1) is 0 Å². The minimum Gasteiger partial charge on any atom is -0.382 e. The monoisotopic (exact) mass is 426 g/mol. The summed E-state index contributed by atoms with van der Waals surface area (Å²) < 4.78 is 1.66. The summed E-state index contributed by atoms with van der Waals surface area (Å²) in [5.41, 5.74) is 8.95. The third-order valence-corrected chi connectivity index (χ3v) is 6.07. The number of carbonyl (C=O) groups is 2. The lowest BCUT2D eigenvalue weighted by molar-refractivity contribution is -0.145. The molecule has 0 atom stereocenters. The molecule has 1 aliphatic heterocycles. The second-order valence-electron chi connectivity index (χ2n) is 7.92. The highest BCUT2D eigenvalue weighted by Gasteiger charge is 2.44.